The first-order valence-corrected chi connectivity index (χ1v) is 17.2. The molecule has 0 N–H and O–H groups in total. The molecule has 1 nitrogen and oxygen atoms in total. The van der Waals surface area contributed by atoms with Crippen molar-refractivity contribution in [1.29, 1.82) is 0 Å². The fourth-order valence-electron chi connectivity index (χ4n) is 7.59. The molecule has 48 heavy (non-hydrogen) atoms. The number of hydrogen-bond acceptors (Lipinski definition) is 2. The van der Waals surface area contributed by atoms with E-state index in [0.29, 0.717) is 0 Å². The Kier molecular flexibility index (Phi) is 6.12. The van der Waals surface area contributed by atoms with Crippen molar-refractivity contribution in [2.24, 2.45) is 0 Å². The molecular formula is C46H29NS. The summed E-state index contributed by atoms with van der Waals surface area (Å²) in [6, 6.07) is 64.6. The lowest BCUT2D eigenvalue weighted by atomic mass is 9.96. The molecule has 0 saturated heterocycles. The molecule has 10 aromatic rings. The third-order valence-corrected chi connectivity index (χ3v) is 11.0. The Balaban J connectivity index is 1.18. The minimum absolute atomic E-state index is 1.13. The van der Waals surface area contributed by atoms with Crippen LogP contribution in [0, 0.1) is 0 Å². The summed E-state index contributed by atoms with van der Waals surface area (Å²) in [6.07, 6.45) is 0. The van der Waals surface area contributed by atoms with Crippen LogP contribution in [0.3, 0.4) is 0 Å². The van der Waals surface area contributed by atoms with Gasteiger partial charge < -0.3 is 4.90 Å². The molecule has 0 fully saturated rings. The minimum Gasteiger partial charge on any atom is -0.310 e. The van der Waals surface area contributed by atoms with Gasteiger partial charge in [0, 0.05) is 31.5 Å². The number of rotatable bonds is 4. The molecule has 0 radical (unpaired) electrons. The van der Waals surface area contributed by atoms with Crippen molar-refractivity contribution in [1.82, 2.24) is 0 Å². The molecule has 10 rings (SSSR count). The molecule has 0 bridgehead atoms. The fourth-order valence-corrected chi connectivity index (χ4v) is 8.72. The summed E-state index contributed by atoms with van der Waals surface area (Å²) in [5.41, 5.74) is 5.93. The lowest BCUT2D eigenvalue weighted by Gasteiger charge is -2.27. The summed E-state index contributed by atoms with van der Waals surface area (Å²) in [7, 11) is 0. The maximum absolute atomic E-state index is 2.44. The topological polar surface area (TPSA) is 3.24 Å². The van der Waals surface area contributed by atoms with Gasteiger partial charge in [0.1, 0.15) is 0 Å². The highest BCUT2D eigenvalue weighted by atomic mass is 32.1. The largest absolute Gasteiger partial charge is 0.310 e. The standard InChI is InChI=1S/C46H29NS/c1-3-12-36-30(9-1)11-7-15-37(36)32-19-23-34(24-20-32)47(43-16-8-18-45-46(43)42-14-5-6-17-44(42)48-45)35-25-28-39-33(29-35)22-27-40-38-13-4-2-10-31(38)21-26-41(39)40/h1-29H. The zero-order valence-corrected chi connectivity index (χ0v) is 26.9. The molecule has 0 saturated carbocycles. The van der Waals surface area contributed by atoms with Crippen LogP contribution >= 0.6 is 11.3 Å². The van der Waals surface area contributed by atoms with E-state index in [-0.39, 0.29) is 0 Å². The van der Waals surface area contributed by atoms with Crippen molar-refractivity contribution < 1.29 is 0 Å². The number of benzene rings is 9. The second-order valence-electron chi connectivity index (χ2n) is 12.5. The Bertz CT molecular complexity index is 2840. The predicted molar refractivity (Wildman–Crippen MR) is 209 cm³/mol. The number of fused-ring (bicyclic) bond motifs is 9. The first-order valence-electron chi connectivity index (χ1n) is 16.4. The van der Waals surface area contributed by atoms with Crippen LogP contribution in [0.2, 0.25) is 0 Å². The van der Waals surface area contributed by atoms with E-state index in [2.05, 4.69) is 181 Å². The molecule has 0 aliphatic carbocycles. The van der Waals surface area contributed by atoms with E-state index < -0.39 is 0 Å². The molecular weight excluding hydrogens is 599 g/mol. The van der Waals surface area contributed by atoms with E-state index in [1.807, 2.05) is 11.3 Å². The van der Waals surface area contributed by atoms with Crippen LogP contribution in [0.15, 0.2) is 176 Å². The van der Waals surface area contributed by atoms with E-state index >= 15 is 0 Å². The number of hydrogen-bond donors (Lipinski definition) is 0. The van der Waals surface area contributed by atoms with Crippen molar-refractivity contribution in [3.63, 3.8) is 0 Å². The molecule has 0 amide bonds. The molecule has 0 aliphatic rings. The molecule has 0 unspecified atom stereocenters. The van der Waals surface area contributed by atoms with Crippen LogP contribution < -0.4 is 4.90 Å². The van der Waals surface area contributed by atoms with E-state index in [1.165, 1.54) is 80.1 Å². The van der Waals surface area contributed by atoms with Gasteiger partial charge in [0.2, 0.25) is 0 Å². The van der Waals surface area contributed by atoms with Gasteiger partial charge in [-0.15, -0.1) is 11.3 Å². The van der Waals surface area contributed by atoms with E-state index in [4.69, 9.17) is 0 Å². The zero-order chi connectivity index (χ0) is 31.6. The lowest BCUT2D eigenvalue weighted by Crippen LogP contribution is -2.10. The van der Waals surface area contributed by atoms with Crippen LogP contribution in [-0.2, 0) is 0 Å². The minimum atomic E-state index is 1.13. The smallest absolute Gasteiger partial charge is 0.0554 e. The van der Waals surface area contributed by atoms with Crippen LogP contribution in [0.25, 0.3) is 74.4 Å². The SMILES string of the molecule is c1ccc2c(-c3ccc(N(c4ccc5c(ccc6c7ccccc7ccc56)c4)c4cccc5sc6ccccc6c45)cc3)cccc2c1. The summed E-state index contributed by atoms with van der Waals surface area (Å²) in [6.45, 7) is 0. The van der Waals surface area contributed by atoms with Gasteiger partial charge in [0.25, 0.3) is 0 Å². The second kappa shape index (κ2) is 10.8. The van der Waals surface area contributed by atoms with Crippen molar-refractivity contribution in [3.05, 3.63) is 176 Å². The highest BCUT2D eigenvalue weighted by molar-refractivity contribution is 7.26. The maximum Gasteiger partial charge on any atom is 0.0554 e. The third-order valence-electron chi connectivity index (χ3n) is 9.83. The third kappa shape index (κ3) is 4.24. The Morgan fingerprint density at radius 1 is 0.354 bits per heavy atom. The second-order valence-corrected chi connectivity index (χ2v) is 13.6. The van der Waals surface area contributed by atoms with E-state index in [0.717, 1.165) is 11.4 Å². The monoisotopic (exact) mass is 627 g/mol. The summed E-state index contributed by atoms with van der Waals surface area (Å²) in [5.74, 6) is 0. The van der Waals surface area contributed by atoms with Gasteiger partial charge >= 0.3 is 0 Å². The molecule has 224 valence electrons. The number of anilines is 3. The van der Waals surface area contributed by atoms with Crippen molar-refractivity contribution in [3.8, 4) is 11.1 Å². The molecule has 0 atom stereocenters. The first-order chi connectivity index (χ1) is 23.8. The summed E-state index contributed by atoms with van der Waals surface area (Å²) >= 11 is 1.86. The first kappa shape index (κ1) is 27.2. The molecule has 9 aromatic carbocycles. The van der Waals surface area contributed by atoms with Gasteiger partial charge in [-0.1, -0.05) is 133 Å². The Morgan fingerprint density at radius 3 is 1.77 bits per heavy atom. The fraction of sp³-hybridized carbons (Fsp3) is 0. The molecule has 0 spiro atoms. The van der Waals surface area contributed by atoms with Gasteiger partial charge in [-0.2, -0.15) is 0 Å². The highest BCUT2D eigenvalue weighted by Crippen LogP contribution is 2.46. The lowest BCUT2D eigenvalue weighted by molar-refractivity contribution is 1.31. The summed E-state index contributed by atoms with van der Waals surface area (Å²) in [5, 5.41) is 12.8. The Morgan fingerprint density at radius 2 is 0.938 bits per heavy atom. The quantitative estimate of drug-likeness (QED) is 0.176. The van der Waals surface area contributed by atoms with Crippen molar-refractivity contribution in [2.45, 2.75) is 0 Å². The van der Waals surface area contributed by atoms with Gasteiger partial charge in [-0.3, -0.25) is 0 Å². The molecule has 2 heteroatoms. The normalized spacial score (nSPS) is 11.8. The van der Waals surface area contributed by atoms with Crippen LogP contribution in [-0.4, -0.2) is 0 Å². The summed E-state index contributed by atoms with van der Waals surface area (Å²) < 4.78 is 2.60. The average molecular weight is 628 g/mol. The van der Waals surface area contributed by atoms with Crippen molar-refractivity contribution in [2.75, 3.05) is 4.90 Å². The van der Waals surface area contributed by atoms with Crippen LogP contribution in [0.5, 0.6) is 0 Å². The van der Waals surface area contributed by atoms with Crippen LogP contribution in [0.4, 0.5) is 17.1 Å². The molecule has 0 aliphatic heterocycles. The maximum atomic E-state index is 2.44. The van der Waals surface area contributed by atoms with E-state index in [9.17, 15) is 0 Å². The van der Waals surface area contributed by atoms with Gasteiger partial charge in [0.05, 0.1) is 5.69 Å². The molecule has 1 aromatic heterocycles. The van der Waals surface area contributed by atoms with Crippen LogP contribution in [0.1, 0.15) is 0 Å². The number of nitrogens with zero attached hydrogens (tertiary/aromatic N) is 1. The van der Waals surface area contributed by atoms with E-state index in [1.54, 1.807) is 0 Å². The predicted octanol–water partition coefficient (Wildman–Crippen LogP) is 13.8. The zero-order valence-electron chi connectivity index (χ0n) is 26.1. The van der Waals surface area contributed by atoms with Gasteiger partial charge in [-0.05, 0) is 96.7 Å². The number of thiophene rings is 1. The van der Waals surface area contributed by atoms with Gasteiger partial charge in [-0.25, -0.2) is 0 Å². The van der Waals surface area contributed by atoms with Crippen molar-refractivity contribution >= 4 is 91.7 Å². The summed E-state index contributed by atoms with van der Waals surface area (Å²) in [4.78, 5) is 2.44. The highest BCUT2D eigenvalue weighted by Gasteiger charge is 2.19. The average Bonchev–Trinajstić information content (AvgIpc) is 3.54. The van der Waals surface area contributed by atoms with Gasteiger partial charge in [0.15, 0.2) is 0 Å². The Labute approximate surface area is 282 Å². The molecule has 1 heterocycles. The Hall–Kier alpha value is -5.96.